The van der Waals surface area contributed by atoms with Crippen LogP contribution in [0.3, 0.4) is 0 Å². The molecule has 0 bridgehead atoms. The Bertz CT molecular complexity index is 741. The first-order valence-electron chi connectivity index (χ1n) is 9.49. The Kier molecular flexibility index (Phi) is 8.40. The van der Waals surface area contributed by atoms with Crippen LogP contribution in [0.5, 0.6) is 0 Å². The van der Waals surface area contributed by atoms with Crippen LogP contribution in [0.25, 0.3) is 11.0 Å². The Balaban J connectivity index is 0.00000261. The van der Waals surface area contributed by atoms with Gasteiger partial charge in [-0.15, -0.1) is 24.0 Å². The Morgan fingerprint density at radius 1 is 1.33 bits per heavy atom. The molecule has 2 aromatic rings. The number of hydrogen-bond acceptors (Lipinski definition) is 3. The number of carbonyl (C=O) groups excluding carboxylic acids is 1. The van der Waals surface area contributed by atoms with E-state index in [1.54, 1.807) is 0 Å². The monoisotopic (exact) mass is 484 g/mol. The van der Waals surface area contributed by atoms with E-state index in [0.29, 0.717) is 13.0 Å². The van der Waals surface area contributed by atoms with Gasteiger partial charge >= 0.3 is 0 Å². The first-order valence-corrected chi connectivity index (χ1v) is 9.49. The molecule has 1 saturated heterocycles. The zero-order chi connectivity index (χ0) is 18.4. The van der Waals surface area contributed by atoms with E-state index in [1.165, 1.54) is 0 Å². The van der Waals surface area contributed by atoms with Crippen LogP contribution in [0.4, 0.5) is 0 Å². The summed E-state index contributed by atoms with van der Waals surface area (Å²) in [6.07, 6.45) is 2.29. The molecular weight excluding hydrogens is 455 g/mol. The highest BCUT2D eigenvalue weighted by Gasteiger charge is 2.25. The molecule has 1 unspecified atom stereocenters. The number of fused-ring (bicyclic) bond motifs is 1. The lowest BCUT2D eigenvalue weighted by Crippen LogP contribution is -2.45. The number of nitrogens with zero attached hydrogens (tertiary/aromatic N) is 2. The van der Waals surface area contributed by atoms with Crippen molar-refractivity contribution in [3.63, 3.8) is 0 Å². The first-order chi connectivity index (χ1) is 12.7. The molecule has 27 heavy (non-hydrogen) atoms. The smallest absolute Gasteiger partial charge is 0.222 e. The van der Waals surface area contributed by atoms with E-state index in [9.17, 15) is 4.79 Å². The number of amides is 1. The van der Waals surface area contributed by atoms with Crippen molar-refractivity contribution < 1.29 is 9.21 Å². The molecule has 2 heterocycles. The number of carbonyl (C=O) groups is 1. The van der Waals surface area contributed by atoms with Gasteiger partial charge in [0.1, 0.15) is 11.3 Å². The van der Waals surface area contributed by atoms with E-state index in [0.717, 1.165) is 55.2 Å². The minimum absolute atomic E-state index is 0. The van der Waals surface area contributed by atoms with Crippen LogP contribution in [0, 0.1) is 0 Å². The van der Waals surface area contributed by atoms with Gasteiger partial charge in [-0.05, 0) is 25.5 Å². The van der Waals surface area contributed by atoms with Crippen LogP contribution in [-0.4, -0.2) is 49.0 Å². The van der Waals surface area contributed by atoms with Gasteiger partial charge < -0.3 is 20.0 Å². The molecule has 0 spiro atoms. The third kappa shape index (κ3) is 5.85. The summed E-state index contributed by atoms with van der Waals surface area (Å²) in [6.45, 7) is 6.99. The molecule has 3 rings (SSSR count). The number of aliphatic imine (C=N–C) groups is 1. The lowest BCUT2D eigenvalue weighted by Gasteiger charge is -2.18. The number of rotatable bonds is 6. The van der Waals surface area contributed by atoms with Crippen molar-refractivity contribution >= 4 is 46.8 Å². The van der Waals surface area contributed by atoms with Crippen molar-refractivity contribution in [3.05, 3.63) is 36.1 Å². The zero-order valence-corrected chi connectivity index (χ0v) is 18.4. The van der Waals surface area contributed by atoms with Crippen molar-refractivity contribution in [2.45, 2.75) is 39.2 Å². The maximum absolute atomic E-state index is 11.8. The number of guanidine groups is 1. The minimum Gasteiger partial charge on any atom is -0.461 e. The second-order valence-electron chi connectivity index (χ2n) is 6.58. The number of halogens is 1. The third-order valence-electron chi connectivity index (χ3n) is 4.63. The predicted molar refractivity (Wildman–Crippen MR) is 120 cm³/mol. The number of furan rings is 1. The van der Waals surface area contributed by atoms with Gasteiger partial charge in [0.15, 0.2) is 5.96 Å². The molecule has 1 aromatic heterocycles. The van der Waals surface area contributed by atoms with E-state index >= 15 is 0 Å². The highest BCUT2D eigenvalue weighted by molar-refractivity contribution is 14.0. The van der Waals surface area contributed by atoms with Gasteiger partial charge in [0.2, 0.25) is 5.91 Å². The van der Waals surface area contributed by atoms with Crippen LogP contribution in [0.15, 0.2) is 39.7 Å². The summed E-state index contributed by atoms with van der Waals surface area (Å²) < 4.78 is 5.84. The molecule has 1 amide bonds. The average molecular weight is 484 g/mol. The van der Waals surface area contributed by atoms with Crippen molar-refractivity contribution in [1.82, 2.24) is 15.5 Å². The number of hydrogen-bond donors (Lipinski definition) is 2. The van der Waals surface area contributed by atoms with E-state index < -0.39 is 0 Å². The summed E-state index contributed by atoms with van der Waals surface area (Å²) in [6, 6.07) is 10.4. The molecule has 7 heteroatoms. The van der Waals surface area contributed by atoms with Crippen molar-refractivity contribution in [2.75, 3.05) is 26.2 Å². The van der Waals surface area contributed by atoms with Crippen LogP contribution >= 0.6 is 24.0 Å². The second kappa shape index (κ2) is 10.5. The lowest BCUT2D eigenvalue weighted by atomic mass is 10.2. The Morgan fingerprint density at radius 3 is 2.89 bits per heavy atom. The van der Waals surface area contributed by atoms with E-state index in [1.807, 2.05) is 30.0 Å². The molecule has 1 fully saturated rings. The number of nitrogens with one attached hydrogen (secondary N) is 2. The van der Waals surface area contributed by atoms with Crippen LogP contribution in [-0.2, 0) is 11.2 Å². The van der Waals surface area contributed by atoms with Crippen molar-refractivity contribution in [3.8, 4) is 0 Å². The predicted octanol–water partition coefficient (Wildman–Crippen LogP) is 3.16. The fraction of sp³-hybridized carbons (Fsp3) is 0.500. The minimum atomic E-state index is 0. The maximum Gasteiger partial charge on any atom is 0.222 e. The normalized spacial score (nSPS) is 17.0. The molecule has 0 aliphatic carbocycles. The number of para-hydroxylation sites is 1. The largest absolute Gasteiger partial charge is 0.461 e. The topological polar surface area (TPSA) is 69.9 Å². The molecule has 1 aromatic carbocycles. The summed E-state index contributed by atoms with van der Waals surface area (Å²) >= 11 is 0. The van der Waals surface area contributed by atoms with Gasteiger partial charge in [0.05, 0.1) is 0 Å². The molecular formula is C20H29IN4O2. The molecule has 0 saturated carbocycles. The Morgan fingerprint density at radius 2 is 2.15 bits per heavy atom. The molecule has 0 radical (unpaired) electrons. The van der Waals surface area contributed by atoms with Crippen LogP contribution in [0.1, 0.15) is 32.4 Å². The van der Waals surface area contributed by atoms with E-state index in [4.69, 9.17) is 4.42 Å². The first kappa shape index (κ1) is 21.5. The van der Waals surface area contributed by atoms with Gasteiger partial charge in [-0.3, -0.25) is 9.79 Å². The fourth-order valence-corrected chi connectivity index (χ4v) is 3.28. The summed E-state index contributed by atoms with van der Waals surface area (Å²) in [5.41, 5.74) is 0.920. The molecule has 1 aliphatic heterocycles. The Hall–Kier alpha value is -1.77. The van der Waals surface area contributed by atoms with Gasteiger partial charge in [0, 0.05) is 50.4 Å². The lowest BCUT2D eigenvalue weighted by molar-refractivity contribution is -0.129. The molecule has 2 N–H and O–H groups in total. The molecule has 6 nitrogen and oxygen atoms in total. The highest BCUT2D eigenvalue weighted by atomic mass is 127. The number of likely N-dealkylation sites (tertiary alicyclic amines) is 1. The molecule has 148 valence electrons. The van der Waals surface area contributed by atoms with Gasteiger partial charge in [-0.1, -0.05) is 25.1 Å². The SMILES string of the molecule is CCNC(=NCCc1cc2ccccc2o1)NC1CCN(C(=O)CC)C1.I. The number of benzene rings is 1. The summed E-state index contributed by atoms with van der Waals surface area (Å²) in [7, 11) is 0. The molecule has 1 aliphatic rings. The zero-order valence-electron chi connectivity index (χ0n) is 16.0. The Labute approximate surface area is 177 Å². The maximum atomic E-state index is 11.8. The second-order valence-corrected chi connectivity index (χ2v) is 6.58. The third-order valence-corrected chi connectivity index (χ3v) is 4.63. The van der Waals surface area contributed by atoms with E-state index in [2.05, 4.69) is 34.7 Å². The summed E-state index contributed by atoms with van der Waals surface area (Å²) in [5, 5.41) is 7.87. The molecule has 1 atom stereocenters. The van der Waals surface area contributed by atoms with Crippen LogP contribution in [0.2, 0.25) is 0 Å². The van der Waals surface area contributed by atoms with Gasteiger partial charge in [-0.25, -0.2) is 0 Å². The van der Waals surface area contributed by atoms with Crippen molar-refractivity contribution in [1.29, 1.82) is 0 Å². The standard InChI is InChI=1S/C20H28N4O2.HI/c1-3-19(25)24-12-10-16(14-24)23-20(21-4-2)22-11-9-17-13-15-7-5-6-8-18(15)26-17;/h5-8,13,16H,3-4,9-12,14H2,1-2H3,(H2,21,22,23);1H. The van der Waals surface area contributed by atoms with Gasteiger partial charge in [-0.2, -0.15) is 0 Å². The summed E-state index contributed by atoms with van der Waals surface area (Å²) in [5.74, 6) is 1.98. The summed E-state index contributed by atoms with van der Waals surface area (Å²) in [4.78, 5) is 18.4. The van der Waals surface area contributed by atoms with Crippen LogP contribution < -0.4 is 10.6 Å². The quantitative estimate of drug-likeness (QED) is 0.376. The average Bonchev–Trinajstić information content (AvgIpc) is 3.27. The van der Waals surface area contributed by atoms with Crippen molar-refractivity contribution in [2.24, 2.45) is 4.99 Å². The van der Waals surface area contributed by atoms with Gasteiger partial charge in [0.25, 0.3) is 0 Å². The fourth-order valence-electron chi connectivity index (χ4n) is 3.28. The van der Waals surface area contributed by atoms with E-state index in [-0.39, 0.29) is 35.9 Å². The highest BCUT2D eigenvalue weighted by Crippen LogP contribution is 2.19.